The third-order valence-corrected chi connectivity index (χ3v) is 6.49. The molecule has 0 unspecified atom stereocenters. The normalized spacial score (nSPS) is 13.5. The van der Waals surface area contributed by atoms with Crippen molar-refractivity contribution < 1.29 is 14.0 Å². The van der Waals surface area contributed by atoms with Gasteiger partial charge in [-0.1, -0.05) is 6.42 Å². The second kappa shape index (κ2) is 9.09. The Morgan fingerprint density at radius 1 is 1.13 bits per heavy atom. The van der Waals surface area contributed by atoms with Gasteiger partial charge in [-0.15, -0.1) is 21.5 Å². The number of benzene rings is 1. The Balaban J connectivity index is 1.45. The topological polar surface area (TPSA) is 76.9 Å². The van der Waals surface area contributed by atoms with Crippen LogP contribution in [0.15, 0.2) is 24.3 Å². The summed E-state index contributed by atoms with van der Waals surface area (Å²) in [6.07, 6.45) is 4.26. The molecule has 0 bridgehead atoms. The molecular weight excluding hydrogens is 415 g/mol. The molecule has 0 saturated carbocycles. The first kappa shape index (κ1) is 21.4. The fourth-order valence-electron chi connectivity index (χ4n) is 3.94. The highest BCUT2D eigenvalue weighted by molar-refractivity contribution is 7.12. The van der Waals surface area contributed by atoms with Crippen LogP contribution in [0, 0.1) is 19.7 Å². The van der Waals surface area contributed by atoms with Crippen LogP contribution >= 0.6 is 11.3 Å². The zero-order chi connectivity index (χ0) is 22.0. The Kier molecular flexibility index (Phi) is 6.27. The fraction of sp³-hybridized carbons (Fsp3) is 0.391. The summed E-state index contributed by atoms with van der Waals surface area (Å²) in [4.78, 5) is 26.8. The highest BCUT2D eigenvalue weighted by Gasteiger charge is 2.18. The molecule has 0 radical (unpaired) electrons. The Hall–Kier alpha value is -2.87. The molecule has 162 valence electrons. The molecular formula is C23H25FN4O2S. The molecule has 0 fully saturated rings. The number of hydrogen-bond donors (Lipinski definition) is 1. The largest absolute Gasteiger partial charge is 0.324 e. The molecule has 0 spiro atoms. The second-order valence-corrected chi connectivity index (χ2v) is 9.36. The molecule has 0 saturated heterocycles. The summed E-state index contributed by atoms with van der Waals surface area (Å²) in [5.41, 5.74) is 1.46. The van der Waals surface area contributed by atoms with Crippen LogP contribution in [0.25, 0.3) is 11.4 Å². The number of hydrogen-bond acceptors (Lipinski definition) is 5. The van der Waals surface area contributed by atoms with Gasteiger partial charge in [-0.2, -0.15) is 0 Å². The van der Waals surface area contributed by atoms with Gasteiger partial charge in [-0.05, 0) is 51.0 Å². The van der Waals surface area contributed by atoms with E-state index in [1.54, 1.807) is 23.5 Å². The van der Waals surface area contributed by atoms with Gasteiger partial charge < -0.3 is 9.88 Å². The van der Waals surface area contributed by atoms with Gasteiger partial charge in [0.2, 0.25) is 5.91 Å². The molecule has 2 aromatic heterocycles. The van der Waals surface area contributed by atoms with Gasteiger partial charge in [0.05, 0.1) is 5.69 Å². The van der Waals surface area contributed by atoms with Crippen LogP contribution < -0.4 is 5.32 Å². The number of aromatic nitrogens is 3. The van der Waals surface area contributed by atoms with Gasteiger partial charge in [-0.3, -0.25) is 9.59 Å². The van der Waals surface area contributed by atoms with Crippen LogP contribution in [0.4, 0.5) is 10.1 Å². The Bertz CT molecular complexity index is 1130. The Labute approximate surface area is 184 Å². The molecule has 1 amide bonds. The number of anilines is 1. The van der Waals surface area contributed by atoms with Crippen LogP contribution in [0.2, 0.25) is 0 Å². The summed E-state index contributed by atoms with van der Waals surface area (Å²) in [5, 5.41) is 11.2. The zero-order valence-electron chi connectivity index (χ0n) is 17.7. The smallest absolute Gasteiger partial charge is 0.224 e. The van der Waals surface area contributed by atoms with Gasteiger partial charge >= 0.3 is 0 Å². The summed E-state index contributed by atoms with van der Waals surface area (Å²) in [5.74, 6) is 0.639. The average Bonchev–Trinajstić information content (AvgIpc) is 3.21. The predicted octanol–water partition coefficient (Wildman–Crippen LogP) is 5.09. The molecule has 8 heteroatoms. The number of nitrogens with one attached hydrogen (secondary N) is 1. The highest BCUT2D eigenvalue weighted by Crippen LogP contribution is 2.27. The minimum Gasteiger partial charge on any atom is -0.324 e. The molecule has 1 aliphatic rings. The van der Waals surface area contributed by atoms with Gasteiger partial charge in [0.25, 0.3) is 0 Å². The van der Waals surface area contributed by atoms with E-state index in [1.807, 2.05) is 19.9 Å². The van der Waals surface area contributed by atoms with E-state index < -0.39 is 11.7 Å². The number of carbonyl (C=O) groups is 2. The lowest BCUT2D eigenvalue weighted by Crippen LogP contribution is -2.14. The molecule has 0 aliphatic carbocycles. The number of rotatable bonds is 6. The van der Waals surface area contributed by atoms with E-state index in [0.29, 0.717) is 17.0 Å². The summed E-state index contributed by atoms with van der Waals surface area (Å²) >= 11 is 1.56. The van der Waals surface area contributed by atoms with E-state index >= 15 is 0 Å². The fourth-order valence-corrected chi connectivity index (χ4v) is 4.88. The van der Waals surface area contributed by atoms with Crippen molar-refractivity contribution in [3.63, 3.8) is 0 Å². The van der Waals surface area contributed by atoms with Crippen LogP contribution in [-0.2, 0) is 17.8 Å². The Morgan fingerprint density at radius 3 is 2.74 bits per heavy atom. The van der Waals surface area contributed by atoms with Crippen molar-refractivity contribution in [2.45, 2.75) is 58.9 Å². The molecule has 1 aliphatic heterocycles. The maximum absolute atomic E-state index is 14.4. The Morgan fingerprint density at radius 2 is 1.97 bits per heavy atom. The molecule has 6 nitrogen and oxygen atoms in total. The lowest BCUT2D eigenvalue weighted by Gasteiger charge is -2.10. The summed E-state index contributed by atoms with van der Waals surface area (Å²) in [6.45, 7) is 4.68. The van der Waals surface area contributed by atoms with Crippen molar-refractivity contribution >= 4 is 28.7 Å². The van der Waals surface area contributed by atoms with Gasteiger partial charge in [0.1, 0.15) is 11.6 Å². The number of nitrogens with zero attached hydrogens (tertiary/aromatic N) is 3. The van der Waals surface area contributed by atoms with E-state index in [1.165, 1.54) is 6.07 Å². The molecule has 3 heterocycles. The molecule has 1 aromatic carbocycles. The SMILES string of the molecule is Cc1cc(C(=O)CCC(=O)Nc2cc(-c3nnc4n3CCCCC4)ccc2F)c(C)s1. The summed E-state index contributed by atoms with van der Waals surface area (Å²) in [7, 11) is 0. The standard InChI is InChI=1S/C23H25FN4O2S/c1-14-12-17(15(2)31-14)20(29)9-10-22(30)25-19-13-16(7-8-18(19)24)23-27-26-21-6-4-3-5-11-28(21)23/h7-8,12-13H,3-6,9-11H2,1-2H3,(H,25,30). The van der Waals surface area contributed by atoms with Gasteiger partial charge in [0.15, 0.2) is 11.6 Å². The second-order valence-electron chi connectivity index (χ2n) is 7.90. The number of aryl methyl sites for hydroxylation is 3. The average molecular weight is 441 g/mol. The van der Waals surface area contributed by atoms with Crippen molar-refractivity contribution in [3.8, 4) is 11.4 Å². The first-order valence-corrected chi connectivity index (χ1v) is 11.4. The molecule has 31 heavy (non-hydrogen) atoms. The number of fused-ring (bicyclic) bond motifs is 1. The number of Topliss-reactive ketones (excluding diaryl/α,β-unsaturated/α-hetero) is 1. The van der Waals surface area contributed by atoms with E-state index in [-0.39, 0.29) is 24.3 Å². The number of carbonyl (C=O) groups excluding carboxylic acids is 2. The zero-order valence-corrected chi connectivity index (χ0v) is 18.5. The van der Waals surface area contributed by atoms with Crippen LogP contribution in [-0.4, -0.2) is 26.5 Å². The lowest BCUT2D eigenvalue weighted by atomic mass is 10.1. The quantitative estimate of drug-likeness (QED) is 0.542. The van der Waals surface area contributed by atoms with Crippen molar-refractivity contribution in [2.24, 2.45) is 0 Å². The van der Waals surface area contributed by atoms with Crippen molar-refractivity contribution in [1.29, 1.82) is 0 Å². The van der Waals surface area contributed by atoms with E-state index in [4.69, 9.17) is 0 Å². The van der Waals surface area contributed by atoms with E-state index in [0.717, 1.165) is 47.8 Å². The summed E-state index contributed by atoms with van der Waals surface area (Å²) < 4.78 is 16.5. The first-order valence-electron chi connectivity index (χ1n) is 10.5. The monoisotopic (exact) mass is 440 g/mol. The third kappa shape index (κ3) is 4.74. The minimum absolute atomic E-state index is 0.00281. The number of halogens is 1. The third-order valence-electron chi connectivity index (χ3n) is 5.53. The van der Waals surface area contributed by atoms with E-state index in [9.17, 15) is 14.0 Å². The maximum Gasteiger partial charge on any atom is 0.224 e. The van der Waals surface area contributed by atoms with Gasteiger partial charge in [-0.25, -0.2) is 4.39 Å². The molecule has 3 aromatic rings. The van der Waals surface area contributed by atoms with Crippen LogP contribution in [0.5, 0.6) is 0 Å². The molecule has 0 atom stereocenters. The predicted molar refractivity (Wildman–Crippen MR) is 119 cm³/mol. The maximum atomic E-state index is 14.4. The van der Waals surface area contributed by atoms with Crippen molar-refractivity contribution in [2.75, 3.05) is 5.32 Å². The van der Waals surface area contributed by atoms with Gasteiger partial charge in [0, 0.05) is 46.7 Å². The number of ketones is 1. The minimum atomic E-state index is -0.525. The summed E-state index contributed by atoms with van der Waals surface area (Å²) in [6, 6.07) is 6.42. The molecule has 1 N–H and O–H groups in total. The highest BCUT2D eigenvalue weighted by atomic mass is 32.1. The number of thiophene rings is 1. The van der Waals surface area contributed by atoms with Crippen molar-refractivity contribution in [3.05, 3.63) is 51.2 Å². The van der Waals surface area contributed by atoms with E-state index in [2.05, 4.69) is 20.1 Å². The first-order chi connectivity index (χ1) is 14.9. The lowest BCUT2D eigenvalue weighted by molar-refractivity contribution is -0.116. The molecule has 4 rings (SSSR count). The number of amides is 1. The van der Waals surface area contributed by atoms with Crippen LogP contribution in [0.3, 0.4) is 0 Å². The van der Waals surface area contributed by atoms with Crippen molar-refractivity contribution in [1.82, 2.24) is 14.8 Å². The van der Waals surface area contributed by atoms with Crippen LogP contribution in [0.1, 0.15) is 58.0 Å².